The Bertz CT molecular complexity index is 781. The summed E-state index contributed by atoms with van der Waals surface area (Å²) >= 11 is 7.39. The van der Waals surface area contributed by atoms with Crippen LogP contribution >= 0.6 is 22.9 Å². The highest BCUT2D eigenvalue weighted by molar-refractivity contribution is 7.11. The number of aryl methyl sites for hydroxylation is 1. The fraction of sp³-hybridized carbons (Fsp3) is 0.231. The summed E-state index contributed by atoms with van der Waals surface area (Å²) in [6.07, 6.45) is 1.75. The molecule has 0 aliphatic heterocycles. The second-order valence-corrected chi connectivity index (χ2v) is 5.94. The van der Waals surface area contributed by atoms with E-state index in [9.17, 15) is 8.78 Å². The number of thiazole rings is 1. The molecule has 3 rings (SSSR count). The van der Waals surface area contributed by atoms with Crippen molar-refractivity contribution in [3.63, 3.8) is 0 Å². The molecule has 0 saturated carbocycles. The summed E-state index contributed by atoms with van der Waals surface area (Å²) in [7, 11) is 0. The first kappa shape index (κ1) is 13.5. The van der Waals surface area contributed by atoms with Crippen LogP contribution in [0.25, 0.3) is 11.0 Å². The van der Waals surface area contributed by atoms with Gasteiger partial charge < -0.3 is 4.57 Å². The van der Waals surface area contributed by atoms with Crippen molar-refractivity contribution < 1.29 is 8.78 Å². The molecule has 7 heteroatoms. The molecule has 0 bridgehead atoms. The summed E-state index contributed by atoms with van der Waals surface area (Å²) < 4.78 is 28.9. The number of imidazole rings is 1. The molecule has 0 amide bonds. The molecule has 20 heavy (non-hydrogen) atoms. The number of benzene rings is 1. The van der Waals surface area contributed by atoms with Gasteiger partial charge in [-0.1, -0.05) is 0 Å². The van der Waals surface area contributed by atoms with Crippen molar-refractivity contribution in [2.24, 2.45) is 0 Å². The van der Waals surface area contributed by atoms with Gasteiger partial charge in [-0.3, -0.25) is 0 Å². The standard InChI is InChI=1S/C13H10ClF2N3S/c1-7-17-5-9(20-7)6-19-11-3-8(15)2-10(16)13(11)18-12(19)4-14/h2-3,5H,4,6H2,1H3. The van der Waals surface area contributed by atoms with Gasteiger partial charge in [-0.05, 0) is 13.0 Å². The maximum Gasteiger partial charge on any atom is 0.153 e. The van der Waals surface area contributed by atoms with Crippen molar-refractivity contribution in [1.29, 1.82) is 0 Å². The molecular weight excluding hydrogens is 304 g/mol. The molecule has 2 heterocycles. The average molecular weight is 314 g/mol. The van der Waals surface area contributed by atoms with Gasteiger partial charge in [0.25, 0.3) is 0 Å². The number of alkyl halides is 1. The number of fused-ring (bicyclic) bond motifs is 1. The van der Waals surface area contributed by atoms with Crippen LogP contribution in [0.3, 0.4) is 0 Å². The van der Waals surface area contributed by atoms with Crippen molar-refractivity contribution in [2.75, 3.05) is 0 Å². The number of aromatic nitrogens is 3. The number of halogens is 3. The summed E-state index contributed by atoms with van der Waals surface area (Å²) in [5, 5.41) is 0.939. The lowest BCUT2D eigenvalue weighted by Gasteiger charge is -2.05. The molecule has 1 aromatic carbocycles. The van der Waals surface area contributed by atoms with Crippen LogP contribution in [0.4, 0.5) is 8.78 Å². The Balaban J connectivity index is 2.17. The molecule has 0 radical (unpaired) electrons. The molecule has 104 valence electrons. The van der Waals surface area contributed by atoms with Crippen molar-refractivity contribution in [2.45, 2.75) is 19.3 Å². The molecule has 2 aromatic heterocycles. The Kier molecular flexibility index (Phi) is 3.43. The topological polar surface area (TPSA) is 30.7 Å². The zero-order valence-corrected chi connectivity index (χ0v) is 12.1. The van der Waals surface area contributed by atoms with Crippen LogP contribution in [0.15, 0.2) is 18.3 Å². The molecule has 0 saturated heterocycles. The first-order valence-corrected chi connectivity index (χ1v) is 7.25. The van der Waals surface area contributed by atoms with Crippen molar-refractivity contribution in [3.05, 3.63) is 45.7 Å². The van der Waals surface area contributed by atoms with E-state index in [-0.39, 0.29) is 11.4 Å². The van der Waals surface area contributed by atoms with Gasteiger partial charge in [0.1, 0.15) is 17.2 Å². The number of hydrogen-bond acceptors (Lipinski definition) is 3. The fourth-order valence-electron chi connectivity index (χ4n) is 2.11. The molecule has 0 fully saturated rings. The summed E-state index contributed by atoms with van der Waals surface area (Å²) in [4.78, 5) is 9.30. The highest BCUT2D eigenvalue weighted by Gasteiger charge is 2.15. The van der Waals surface area contributed by atoms with Crippen LogP contribution in [0.5, 0.6) is 0 Å². The van der Waals surface area contributed by atoms with E-state index in [1.54, 1.807) is 10.8 Å². The minimum absolute atomic E-state index is 0.132. The highest BCUT2D eigenvalue weighted by atomic mass is 35.5. The van der Waals surface area contributed by atoms with Crippen molar-refractivity contribution in [1.82, 2.24) is 14.5 Å². The first-order valence-electron chi connectivity index (χ1n) is 5.90. The number of hydrogen-bond donors (Lipinski definition) is 0. The van der Waals surface area contributed by atoms with Gasteiger partial charge in [-0.2, -0.15) is 0 Å². The Labute approximate surface area is 122 Å². The van der Waals surface area contributed by atoms with E-state index in [0.29, 0.717) is 17.9 Å². The predicted molar refractivity (Wildman–Crippen MR) is 75.2 cm³/mol. The van der Waals surface area contributed by atoms with E-state index >= 15 is 0 Å². The SMILES string of the molecule is Cc1ncc(Cn2c(CCl)nc3c(F)cc(F)cc32)s1. The molecule has 3 aromatic rings. The first-order chi connectivity index (χ1) is 9.58. The van der Waals surface area contributed by atoms with Crippen LogP contribution < -0.4 is 0 Å². The van der Waals surface area contributed by atoms with Gasteiger partial charge in [0.2, 0.25) is 0 Å². The van der Waals surface area contributed by atoms with E-state index in [0.717, 1.165) is 16.0 Å². The summed E-state index contributed by atoms with van der Waals surface area (Å²) in [5.41, 5.74) is 0.549. The summed E-state index contributed by atoms with van der Waals surface area (Å²) in [6, 6.07) is 2.10. The third-order valence-corrected chi connectivity index (χ3v) is 4.09. The molecule has 0 aliphatic carbocycles. The lowest BCUT2D eigenvalue weighted by molar-refractivity contribution is 0.590. The third-order valence-electron chi connectivity index (χ3n) is 2.95. The second-order valence-electron chi connectivity index (χ2n) is 4.35. The molecular formula is C13H10ClF2N3S. The minimum Gasteiger partial charge on any atom is -0.321 e. The van der Waals surface area contributed by atoms with Gasteiger partial charge >= 0.3 is 0 Å². The second kappa shape index (κ2) is 5.10. The van der Waals surface area contributed by atoms with E-state index in [1.165, 1.54) is 17.4 Å². The van der Waals surface area contributed by atoms with E-state index < -0.39 is 11.6 Å². The molecule has 0 atom stereocenters. The molecule has 0 N–H and O–H groups in total. The quantitative estimate of drug-likeness (QED) is 0.687. The van der Waals surface area contributed by atoms with Crippen molar-refractivity contribution >= 4 is 34.0 Å². The zero-order valence-electron chi connectivity index (χ0n) is 10.5. The molecule has 0 unspecified atom stereocenters. The largest absolute Gasteiger partial charge is 0.321 e. The van der Waals surface area contributed by atoms with Crippen LogP contribution in [0.1, 0.15) is 15.7 Å². The summed E-state index contributed by atoms with van der Waals surface area (Å²) in [5.74, 6) is -0.659. The van der Waals surface area contributed by atoms with Crippen LogP contribution in [-0.4, -0.2) is 14.5 Å². The Morgan fingerprint density at radius 3 is 2.80 bits per heavy atom. The fourth-order valence-corrected chi connectivity index (χ4v) is 3.10. The normalized spacial score (nSPS) is 11.4. The lowest BCUT2D eigenvalue weighted by Crippen LogP contribution is -2.02. The average Bonchev–Trinajstić information content (AvgIpc) is 2.95. The van der Waals surface area contributed by atoms with Gasteiger partial charge in [-0.25, -0.2) is 18.7 Å². The maximum absolute atomic E-state index is 13.8. The Morgan fingerprint density at radius 1 is 1.35 bits per heavy atom. The number of nitrogens with zero attached hydrogens (tertiary/aromatic N) is 3. The van der Waals surface area contributed by atoms with E-state index in [4.69, 9.17) is 11.6 Å². The van der Waals surface area contributed by atoms with Gasteiger partial charge in [0.05, 0.1) is 22.9 Å². The van der Waals surface area contributed by atoms with Gasteiger partial charge in [-0.15, -0.1) is 22.9 Å². The molecule has 0 aliphatic rings. The molecule has 3 nitrogen and oxygen atoms in total. The number of rotatable bonds is 3. The van der Waals surface area contributed by atoms with E-state index in [2.05, 4.69) is 9.97 Å². The van der Waals surface area contributed by atoms with Gasteiger partial charge in [0, 0.05) is 17.1 Å². The van der Waals surface area contributed by atoms with Crippen LogP contribution in [0, 0.1) is 18.6 Å². The minimum atomic E-state index is -0.675. The van der Waals surface area contributed by atoms with E-state index in [1.807, 2.05) is 6.92 Å². The summed E-state index contributed by atoms with van der Waals surface area (Å²) in [6.45, 7) is 2.36. The monoisotopic (exact) mass is 313 g/mol. The maximum atomic E-state index is 13.8. The predicted octanol–water partition coefficient (Wildman–Crippen LogP) is 3.87. The third kappa shape index (κ3) is 2.29. The van der Waals surface area contributed by atoms with Gasteiger partial charge in [0.15, 0.2) is 5.82 Å². The zero-order chi connectivity index (χ0) is 14.3. The smallest absolute Gasteiger partial charge is 0.153 e. The molecule has 0 spiro atoms. The Hall–Kier alpha value is -1.53. The highest BCUT2D eigenvalue weighted by Crippen LogP contribution is 2.24. The van der Waals surface area contributed by atoms with Crippen LogP contribution in [0.2, 0.25) is 0 Å². The van der Waals surface area contributed by atoms with Crippen molar-refractivity contribution in [3.8, 4) is 0 Å². The van der Waals surface area contributed by atoms with Crippen LogP contribution in [-0.2, 0) is 12.4 Å². The lowest BCUT2D eigenvalue weighted by atomic mass is 10.3. The Morgan fingerprint density at radius 2 is 2.15 bits per heavy atom.